The fourth-order valence-electron chi connectivity index (χ4n) is 2.62. The number of esters is 1. The lowest BCUT2D eigenvalue weighted by Crippen LogP contribution is -2.29. The van der Waals surface area contributed by atoms with Gasteiger partial charge in [-0.2, -0.15) is 39.5 Å². The van der Waals surface area contributed by atoms with Crippen molar-refractivity contribution in [2.24, 2.45) is 10.9 Å². The molecule has 0 N–H and O–H groups in total. The number of rotatable bonds is 6. The Hall–Kier alpha value is -2.78. The standard InChI is InChI=1S/C20H17BrF9N3O3/c1-4-33-14(35-8-36-16(34)9(2)3)7-13(20(28,29)30)32-17(33)31-12-6-10(18(22,23)24)5-11(15(12)21)19(25,26)27/h5-7,9H,4,8H2,1-3H3. The Kier molecular flexibility index (Phi) is 8.74. The Bertz CT molecular complexity index is 1190. The summed E-state index contributed by atoms with van der Waals surface area (Å²) in [4.78, 5) is 18.4. The number of halogens is 10. The van der Waals surface area contributed by atoms with Crippen molar-refractivity contribution in [3.63, 3.8) is 0 Å². The van der Waals surface area contributed by atoms with E-state index < -0.39 is 75.7 Å². The fraction of sp³-hybridized carbons (Fsp3) is 0.450. The highest BCUT2D eigenvalue weighted by atomic mass is 79.9. The number of carbonyl (C=O) groups excluding carboxylic acids is 1. The van der Waals surface area contributed by atoms with Crippen LogP contribution in [0.25, 0.3) is 0 Å². The number of benzene rings is 1. The minimum absolute atomic E-state index is 0.159. The lowest BCUT2D eigenvalue weighted by molar-refractivity contribution is -0.154. The Morgan fingerprint density at radius 1 is 1.03 bits per heavy atom. The summed E-state index contributed by atoms with van der Waals surface area (Å²) in [5.41, 5.74) is -6.98. The first-order valence-corrected chi connectivity index (χ1v) is 10.7. The van der Waals surface area contributed by atoms with E-state index in [1.54, 1.807) is 0 Å². The summed E-state index contributed by atoms with van der Waals surface area (Å²) in [6, 6.07) is 0.494. The van der Waals surface area contributed by atoms with Crippen molar-refractivity contribution in [1.29, 1.82) is 0 Å². The maximum atomic E-state index is 13.4. The van der Waals surface area contributed by atoms with Crippen LogP contribution in [0.5, 0.6) is 5.88 Å². The molecule has 1 aromatic carbocycles. The predicted molar refractivity (Wildman–Crippen MR) is 109 cm³/mol. The Morgan fingerprint density at radius 3 is 2.11 bits per heavy atom. The zero-order valence-electron chi connectivity index (χ0n) is 18.6. The highest BCUT2D eigenvalue weighted by Crippen LogP contribution is 2.43. The van der Waals surface area contributed by atoms with Crippen LogP contribution in [-0.2, 0) is 34.6 Å². The average Bonchev–Trinajstić information content (AvgIpc) is 2.72. The summed E-state index contributed by atoms with van der Waals surface area (Å²) >= 11 is 2.54. The summed E-state index contributed by atoms with van der Waals surface area (Å²) in [5.74, 6) is -1.92. The van der Waals surface area contributed by atoms with E-state index in [4.69, 9.17) is 9.47 Å². The summed E-state index contributed by atoms with van der Waals surface area (Å²) in [6.45, 7) is 3.30. The molecular formula is C20H17BrF9N3O3. The van der Waals surface area contributed by atoms with Crippen molar-refractivity contribution in [2.45, 2.75) is 45.8 Å². The molecule has 1 heterocycles. The number of alkyl halides is 9. The van der Waals surface area contributed by atoms with Gasteiger partial charge in [0.1, 0.15) is 0 Å². The maximum Gasteiger partial charge on any atom is 0.433 e. The van der Waals surface area contributed by atoms with Crippen LogP contribution in [0, 0.1) is 5.92 Å². The molecule has 0 spiro atoms. The number of ether oxygens (including phenoxy) is 2. The molecule has 0 saturated carbocycles. The normalized spacial score (nSPS) is 13.3. The molecule has 36 heavy (non-hydrogen) atoms. The summed E-state index contributed by atoms with van der Waals surface area (Å²) in [7, 11) is 0. The summed E-state index contributed by atoms with van der Waals surface area (Å²) in [5, 5.41) is 0. The van der Waals surface area contributed by atoms with E-state index in [2.05, 4.69) is 25.9 Å². The fourth-order valence-corrected chi connectivity index (χ4v) is 3.17. The smallest absolute Gasteiger partial charge is 0.433 e. The number of hydrogen-bond donors (Lipinski definition) is 0. The molecule has 0 fully saturated rings. The molecule has 0 aliphatic heterocycles. The Balaban J connectivity index is 2.80. The van der Waals surface area contributed by atoms with Gasteiger partial charge in [0.25, 0.3) is 0 Å². The van der Waals surface area contributed by atoms with Crippen molar-refractivity contribution >= 4 is 27.6 Å². The van der Waals surface area contributed by atoms with Gasteiger partial charge in [0.05, 0.1) is 27.2 Å². The number of carbonyl (C=O) groups is 1. The molecule has 0 amide bonds. The Labute approximate surface area is 205 Å². The third-order valence-electron chi connectivity index (χ3n) is 4.38. The van der Waals surface area contributed by atoms with Crippen molar-refractivity contribution in [3.8, 4) is 5.88 Å². The van der Waals surface area contributed by atoms with Gasteiger partial charge >= 0.3 is 24.5 Å². The second-order valence-corrected chi connectivity index (χ2v) is 8.16. The molecule has 0 atom stereocenters. The van der Waals surface area contributed by atoms with Crippen LogP contribution < -0.4 is 10.4 Å². The lowest BCUT2D eigenvalue weighted by Gasteiger charge is -2.17. The van der Waals surface area contributed by atoms with Gasteiger partial charge in [-0.1, -0.05) is 13.8 Å². The first kappa shape index (κ1) is 29.5. The minimum Gasteiger partial charge on any atom is -0.442 e. The monoisotopic (exact) mass is 597 g/mol. The molecule has 1 aromatic heterocycles. The van der Waals surface area contributed by atoms with Crippen LogP contribution in [0.15, 0.2) is 27.7 Å². The van der Waals surface area contributed by atoms with E-state index in [0.29, 0.717) is 6.07 Å². The quantitative estimate of drug-likeness (QED) is 0.217. The molecule has 2 rings (SSSR count). The molecule has 2 aromatic rings. The van der Waals surface area contributed by atoms with Gasteiger partial charge in [-0.15, -0.1) is 0 Å². The van der Waals surface area contributed by atoms with Crippen molar-refractivity contribution in [1.82, 2.24) is 9.55 Å². The molecule has 0 saturated heterocycles. The summed E-state index contributed by atoms with van der Waals surface area (Å²) in [6.07, 6.45) is -15.6. The first-order valence-electron chi connectivity index (χ1n) is 9.87. The third kappa shape index (κ3) is 7.13. The highest BCUT2D eigenvalue weighted by molar-refractivity contribution is 9.10. The molecule has 0 unspecified atom stereocenters. The van der Waals surface area contributed by atoms with Crippen LogP contribution >= 0.6 is 15.9 Å². The molecule has 0 bridgehead atoms. The molecular weight excluding hydrogens is 581 g/mol. The molecule has 0 aliphatic carbocycles. The van der Waals surface area contributed by atoms with Gasteiger partial charge in [-0.25, -0.2) is 9.98 Å². The van der Waals surface area contributed by atoms with E-state index in [-0.39, 0.29) is 18.7 Å². The number of aromatic nitrogens is 2. The molecule has 16 heteroatoms. The van der Waals surface area contributed by atoms with Crippen LogP contribution in [0.3, 0.4) is 0 Å². The van der Waals surface area contributed by atoms with Crippen molar-refractivity contribution < 1.29 is 53.8 Å². The number of hydrogen-bond acceptors (Lipinski definition) is 5. The second-order valence-electron chi connectivity index (χ2n) is 7.37. The minimum atomic E-state index is -5.25. The van der Waals surface area contributed by atoms with Crippen LogP contribution in [0.1, 0.15) is 37.6 Å². The zero-order valence-corrected chi connectivity index (χ0v) is 20.2. The van der Waals surface area contributed by atoms with Gasteiger partial charge in [0, 0.05) is 12.6 Å². The van der Waals surface area contributed by atoms with Crippen molar-refractivity contribution in [3.05, 3.63) is 45.1 Å². The van der Waals surface area contributed by atoms with Gasteiger partial charge in [-0.3, -0.25) is 9.36 Å². The third-order valence-corrected chi connectivity index (χ3v) is 5.21. The van der Waals surface area contributed by atoms with Gasteiger partial charge in [-0.05, 0) is 35.0 Å². The summed E-state index contributed by atoms with van der Waals surface area (Å²) < 4.78 is 130. The number of nitrogens with zero attached hydrogens (tertiary/aromatic N) is 3. The topological polar surface area (TPSA) is 65.7 Å². The average molecular weight is 598 g/mol. The lowest BCUT2D eigenvalue weighted by atomic mass is 10.1. The molecule has 6 nitrogen and oxygen atoms in total. The van der Waals surface area contributed by atoms with E-state index >= 15 is 0 Å². The van der Waals surface area contributed by atoms with E-state index in [1.807, 2.05) is 0 Å². The SMILES string of the molecule is CCn1c(OCOC(=O)C(C)C)cc(C(F)(F)F)nc1=Nc1cc(C(F)(F)F)cc(C(F)(F)F)c1Br. The van der Waals surface area contributed by atoms with Crippen molar-refractivity contribution in [2.75, 3.05) is 6.79 Å². The Morgan fingerprint density at radius 2 is 1.64 bits per heavy atom. The van der Waals surface area contributed by atoms with E-state index in [0.717, 1.165) is 4.57 Å². The zero-order chi connectivity index (χ0) is 27.6. The van der Waals surface area contributed by atoms with Gasteiger partial charge in [0.2, 0.25) is 18.3 Å². The van der Waals surface area contributed by atoms with Crippen LogP contribution in [0.2, 0.25) is 0 Å². The second kappa shape index (κ2) is 10.7. The van der Waals surface area contributed by atoms with Gasteiger partial charge < -0.3 is 9.47 Å². The van der Waals surface area contributed by atoms with Gasteiger partial charge in [0.15, 0.2) is 5.69 Å². The molecule has 200 valence electrons. The largest absolute Gasteiger partial charge is 0.442 e. The van der Waals surface area contributed by atoms with Crippen LogP contribution in [0.4, 0.5) is 45.2 Å². The molecule has 0 radical (unpaired) electrons. The highest BCUT2D eigenvalue weighted by Gasteiger charge is 2.39. The first-order chi connectivity index (χ1) is 16.4. The predicted octanol–water partition coefficient (Wildman–Crippen LogP) is 6.49. The molecule has 0 aliphatic rings. The maximum absolute atomic E-state index is 13.4. The van der Waals surface area contributed by atoms with Crippen LogP contribution in [-0.4, -0.2) is 22.3 Å². The van der Waals surface area contributed by atoms with E-state index in [9.17, 15) is 44.3 Å². The van der Waals surface area contributed by atoms with E-state index in [1.165, 1.54) is 20.8 Å².